The first-order chi connectivity index (χ1) is 12.0. The van der Waals surface area contributed by atoms with Gasteiger partial charge in [0.1, 0.15) is 0 Å². The van der Waals surface area contributed by atoms with Crippen LogP contribution in [-0.4, -0.2) is 48.6 Å². The lowest BCUT2D eigenvalue weighted by atomic mass is 9.74. The minimum atomic E-state index is -0.540. The summed E-state index contributed by atoms with van der Waals surface area (Å²) < 4.78 is 24.1. The van der Waals surface area contributed by atoms with Crippen LogP contribution in [0.25, 0.3) is 0 Å². The third-order valence-corrected chi connectivity index (χ3v) is 5.85. The number of allylic oxidation sites excluding steroid dienone is 1. The molecule has 6 heteroatoms. The maximum absolute atomic E-state index is 11.8. The van der Waals surface area contributed by atoms with E-state index in [4.69, 9.17) is 18.9 Å². The first kappa shape index (κ1) is 19.5. The predicted molar refractivity (Wildman–Crippen MR) is 97.5 cm³/mol. The van der Waals surface area contributed by atoms with Crippen LogP contribution in [0.1, 0.15) is 46.0 Å². The molecule has 0 radical (unpaired) electrons. The van der Waals surface area contributed by atoms with E-state index in [9.17, 15) is 4.79 Å². The minimum absolute atomic E-state index is 0.0390. The van der Waals surface area contributed by atoms with Crippen LogP contribution in [0.3, 0.4) is 0 Å². The molecule has 0 amide bonds. The number of hydrogen-bond acceptors (Lipinski definition) is 5. The number of carbonyl (C=O) groups is 1. The van der Waals surface area contributed by atoms with Gasteiger partial charge in [0.05, 0.1) is 24.1 Å². The lowest BCUT2D eigenvalue weighted by Gasteiger charge is -2.49. The molecule has 0 spiro atoms. The molecule has 2 heterocycles. The Kier molecular flexibility index (Phi) is 6.71. The second-order valence-corrected chi connectivity index (χ2v) is 8.18. The van der Waals surface area contributed by atoms with Gasteiger partial charge in [-0.3, -0.25) is 4.79 Å². The Labute approximate surface area is 158 Å². The normalized spacial score (nSPS) is 38.4. The second-order valence-electron chi connectivity index (χ2n) is 7.62. The molecule has 2 aliphatic heterocycles. The number of carbonyl (C=O) groups excluding carboxylic acids is 1. The fourth-order valence-corrected chi connectivity index (χ4v) is 4.21. The molecule has 0 aromatic rings. The average Bonchev–Trinajstić information content (AvgIpc) is 2.60. The average molecular weight is 417 g/mol. The Bertz CT molecular complexity index is 486. The highest BCUT2D eigenvalue weighted by Gasteiger charge is 2.46. The van der Waals surface area contributed by atoms with E-state index in [2.05, 4.69) is 15.9 Å². The van der Waals surface area contributed by atoms with Gasteiger partial charge in [-0.15, -0.1) is 0 Å². The maximum Gasteiger partial charge on any atom is 0.165 e. The van der Waals surface area contributed by atoms with Crippen LogP contribution in [-0.2, 0) is 23.7 Å². The molecule has 1 unspecified atom stereocenters. The molecule has 5 atom stereocenters. The fraction of sp³-hybridized carbons (Fsp3) is 0.842. The van der Waals surface area contributed by atoms with Crippen molar-refractivity contribution in [3.63, 3.8) is 0 Å². The molecular formula is C19H29BrO5. The van der Waals surface area contributed by atoms with Crippen LogP contribution in [0.4, 0.5) is 0 Å². The van der Waals surface area contributed by atoms with Gasteiger partial charge < -0.3 is 18.9 Å². The topological polar surface area (TPSA) is 54.0 Å². The van der Waals surface area contributed by atoms with E-state index >= 15 is 0 Å². The number of rotatable bonds is 5. The van der Waals surface area contributed by atoms with Gasteiger partial charge in [0.25, 0.3) is 0 Å². The molecule has 1 aliphatic carbocycles. The van der Waals surface area contributed by atoms with Crippen LogP contribution < -0.4 is 0 Å². The van der Waals surface area contributed by atoms with Crippen LogP contribution in [0.5, 0.6) is 0 Å². The van der Waals surface area contributed by atoms with Gasteiger partial charge in [-0.05, 0) is 52.0 Å². The van der Waals surface area contributed by atoms with E-state index in [-0.39, 0.29) is 36.1 Å². The van der Waals surface area contributed by atoms with E-state index in [1.807, 2.05) is 19.9 Å². The molecule has 25 heavy (non-hydrogen) atoms. The number of alkyl halides is 1. The highest BCUT2D eigenvalue weighted by molar-refractivity contribution is 9.09. The molecule has 3 rings (SSSR count). The Morgan fingerprint density at radius 1 is 1.28 bits per heavy atom. The molecule has 5 nitrogen and oxygen atoms in total. The lowest BCUT2D eigenvalue weighted by Crippen LogP contribution is -2.53. The molecule has 142 valence electrons. The summed E-state index contributed by atoms with van der Waals surface area (Å²) in [5.74, 6) is -0.174. The van der Waals surface area contributed by atoms with Gasteiger partial charge >= 0.3 is 0 Å². The molecule has 0 aromatic carbocycles. The Morgan fingerprint density at radius 2 is 2.12 bits per heavy atom. The summed E-state index contributed by atoms with van der Waals surface area (Å²) in [4.78, 5) is 11.8. The zero-order chi connectivity index (χ0) is 17.9. The third kappa shape index (κ3) is 5.13. The summed E-state index contributed by atoms with van der Waals surface area (Å²) in [6.07, 6.45) is 8.78. The van der Waals surface area contributed by atoms with Crippen LogP contribution in [0.2, 0.25) is 0 Å². The van der Waals surface area contributed by atoms with E-state index in [1.165, 1.54) is 0 Å². The van der Waals surface area contributed by atoms with Gasteiger partial charge in [0, 0.05) is 18.4 Å². The van der Waals surface area contributed by atoms with Crippen LogP contribution >= 0.6 is 15.9 Å². The molecule has 2 saturated heterocycles. The quantitative estimate of drug-likeness (QED) is 0.506. The molecule has 0 N–H and O–H groups in total. The Morgan fingerprint density at radius 3 is 2.84 bits per heavy atom. The van der Waals surface area contributed by atoms with Crippen molar-refractivity contribution in [2.24, 2.45) is 11.8 Å². The monoisotopic (exact) mass is 416 g/mol. The van der Waals surface area contributed by atoms with Crippen LogP contribution in [0.15, 0.2) is 12.2 Å². The van der Waals surface area contributed by atoms with Crippen molar-refractivity contribution in [2.75, 3.05) is 18.5 Å². The van der Waals surface area contributed by atoms with E-state index in [0.717, 1.165) is 38.7 Å². The summed E-state index contributed by atoms with van der Waals surface area (Å²) in [7, 11) is 0. The van der Waals surface area contributed by atoms with Crippen molar-refractivity contribution in [1.82, 2.24) is 0 Å². The summed E-state index contributed by atoms with van der Waals surface area (Å²) in [5.41, 5.74) is 0. The van der Waals surface area contributed by atoms with Crippen molar-refractivity contribution in [2.45, 2.75) is 70.2 Å². The van der Waals surface area contributed by atoms with Gasteiger partial charge in [0.2, 0.25) is 0 Å². The van der Waals surface area contributed by atoms with Crippen LogP contribution in [0, 0.1) is 11.8 Å². The number of halogens is 1. The first-order valence-corrected chi connectivity index (χ1v) is 10.5. The first-order valence-electron chi connectivity index (χ1n) is 9.34. The van der Waals surface area contributed by atoms with Crippen molar-refractivity contribution in [1.29, 1.82) is 0 Å². The molecule has 0 bridgehead atoms. The summed E-state index contributed by atoms with van der Waals surface area (Å²) in [5, 5.41) is 0.335. The SMILES string of the molecule is CC1(C)OC[C@@H]2[C@@H](/C=C/C(=O)CBr)[C@H](OC3CCCCO3)CC[C@@H]2O1. The zero-order valence-electron chi connectivity index (χ0n) is 15.1. The van der Waals surface area contributed by atoms with E-state index < -0.39 is 5.79 Å². The molecule has 3 fully saturated rings. The second kappa shape index (κ2) is 8.61. The van der Waals surface area contributed by atoms with Gasteiger partial charge in [-0.25, -0.2) is 0 Å². The summed E-state index contributed by atoms with van der Waals surface area (Å²) >= 11 is 3.22. The van der Waals surface area contributed by atoms with E-state index in [1.54, 1.807) is 6.08 Å². The van der Waals surface area contributed by atoms with Crippen molar-refractivity contribution >= 4 is 21.7 Å². The standard InChI is InChI=1S/C19H29BrO5/c1-19(2)23-12-15-14(7-6-13(21)11-20)16(8-9-17(15)25-19)24-18-5-3-4-10-22-18/h6-7,14-18H,3-5,8-12H2,1-2H3/b7-6+/t14-,15-,16-,17+,18?/m1/s1. The smallest absolute Gasteiger partial charge is 0.165 e. The number of fused-ring (bicyclic) bond motifs is 1. The van der Waals surface area contributed by atoms with Crippen molar-refractivity contribution in [3.8, 4) is 0 Å². The van der Waals surface area contributed by atoms with Gasteiger partial charge in [-0.1, -0.05) is 22.0 Å². The number of ketones is 1. The summed E-state index contributed by atoms with van der Waals surface area (Å²) in [6, 6.07) is 0. The minimum Gasteiger partial charge on any atom is -0.353 e. The highest BCUT2D eigenvalue weighted by atomic mass is 79.9. The molecule has 1 saturated carbocycles. The number of ether oxygens (including phenoxy) is 4. The fourth-order valence-electron chi connectivity index (χ4n) is 4.02. The lowest BCUT2D eigenvalue weighted by molar-refractivity contribution is -0.314. The predicted octanol–water partition coefficient (Wildman–Crippen LogP) is 3.60. The molecule has 0 aromatic heterocycles. The highest BCUT2D eigenvalue weighted by Crippen LogP contribution is 2.41. The van der Waals surface area contributed by atoms with Crippen molar-refractivity contribution in [3.05, 3.63) is 12.2 Å². The largest absolute Gasteiger partial charge is 0.353 e. The van der Waals surface area contributed by atoms with E-state index in [0.29, 0.717) is 11.9 Å². The Balaban J connectivity index is 1.72. The van der Waals surface area contributed by atoms with Gasteiger partial charge in [0.15, 0.2) is 17.9 Å². The van der Waals surface area contributed by atoms with Gasteiger partial charge in [-0.2, -0.15) is 0 Å². The zero-order valence-corrected chi connectivity index (χ0v) is 16.7. The maximum atomic E-state index is 11.8. The number of hydrogen-bond donors (Lipinski definition) is 0. The Hall–Kier alpha value is -0.270. The molecule has 3 aliphatic rings. The van der Waals surface area contributed by atoms with Crippen molar-refractivity contribution < 1.29 is 23.7 Å². The third-order valence-electron chi connectivity index (χ3n) is 5.30. The molecular weight excluding hydrogens is 388 g/mol. The summed E-state index contributed by atoms with van der Waals surface area (Å²) in [6.45, 7) is 5.31.